The molecule has 0 radical (unpaired) electrons. The Hall–Kier alpha value is -0.120. The SMILES string of the molecule is CC(C)(O)CN1CCC(C)(CO)C1. The van der Waals surface area contributed by atoms with Crippen LogP contribution in [0.4, 0.5) is 0 Å². The van der Waals surface area contributed by atoms with Gasteiger partial charge in [0.2, 0.25) is 0 Å². The Kier molecular flexibility index (Phi) is 3.00. The van der Waals surface area contributed by atoms with Crippen molar-refractivity contribution in [3.8, 4) is 0 Å². The lowest BCUT2D eigenvalue weighted by molar-refractivity contribution is 0.0377. The van der Waals surface area contributed by atoms with Crippen molar-refractivity contribution >= 4 is 0 Å². The molecule has 0 aliphatic carbocycles. The van der Waals surface area contributed by atoms with E-state index in [0.29, 0.717) is 6.54 Å². The largest absolute Gasteiger partial charge is 0.396 e. The van der Waals surface area contributed by atoms with Gasteiger partial charge in [-0.25, -0.2) is 0 Å². The van der Waals surface area contributed by atoms with E-state index < -0.39 is 5.60 Å². The first-order chi connectivity index (χ1) is 5.85. The molecule has 3 nitrogen and oxygen atoms in total. The molecular weight excluding hydrogens is 166 g/mol. The number of aliphatic hydroxyl groups is 2. The highest BCUT2D eigenvalue weighted by atomic mass is 16.3. The van der Waals surface area contributed by atoms with Crippen LogP contribution in [0.5, 0.6) is 0 Å². The molecule has 2 N–H and O–H groups in total. The highest BCUT2D eigenvalue weighted by molar-refractivity contribution is 4.87. The molecule has 13 heavy (non-hydrogen) atoms. The Labute approximate surface area is 80.4 Å². The fourth-order valence-electron chi connectivity index (χ4n) is 1.94. The third-order valence-electron chi connectivity index (χ3n) is 2.63. The van der Waals surface area contributed by atoms with Crippen molar-refractivity contribution in [3.63, 3.8) is 0 Å². The minimum Gasteiger partial charge on any atom is -0.396 e. The van der Waals surface area contributed by atoms with E-state index in [-0.39, 0.29) is 12.0 Å². The molecule has 0 aromatic rings. The molecular formula is C10H21NO2. The van der Waals surface area contributed by atoms with Crippen LogP contribution in [0.15, 0.2) is 0 Å². The number of nitrogens with zero attached hydrogens (tertiary/aromatic N) is 1. The van der Waals surface area contributed by atoms with Gasteiger partial charge >= 0.3 is 0 Å². The van der Waals surface area contributed by atoms with Gasteiger partial charge in [-0.05, 0) is 26.8 Å². The summed E-state index contributed by atoms with van der Waals surface area (Å²) in [6, 6.07) is 0. The molecule has 3 heteroatoms. The Morgan fingerprint density at radius 2 is 2.08 bits per heavy atom. The maximum absolute atomic E-state index is 9.62. The molecule has 1 aliphatic heterocycles. The molecule has 0 spiro atoms. The molecule has 0 saturated carbocycles. The summed E-state index contributed by atoms with van der Waals surface area (Å²) in [6.07, 6.45) is 1.03. The minimum atomic E-state index is -0.624. The van der Waals surface area contributed by atoms with Gasteiger partial charge in [0.05, 0.1) is 5.60 Å². The molecule has 0 aromatic heterocycles. The van der Waals surface area contributed by atoms with Crippen LogP contribution in [0.1, 0.15) is 27.2 Å². The topological polar surface area (TPSA) is 43.7 Å². The number of aliphatic hydroxyl groups excluding tert-OH is 1. The summed E-state index contributed by atoms with van der Waals surface area (Å²) in [6.45, 7) is 8.56. The van der Waals surface area contributed by atoms with Gasteiger partial charge < -0.3 is 10.2 Å². The Balaban J connectivity index is 2.42. The summed E-state index contributed by atoms with van der Waals surface area (Å²) in [5, 5.41) is 18.8. The predicted molar refractivity (Wildman–Crippen MR) is 52.5 cm³/mol. The van der Waals surface area contributed by atoms with Crippen LogP contribution in [0.2, 0.25) is 0 Å². The maximum atomic E-state index is 9.62. The highest BCUT2D eigenvalue weighted by Gasteiger charge is 2.34. The number of rotatable bonds is 3. The van der Waals surface area contributed by atoms with Crippen LogP contribution in [0.3, 0.4) is 0 Å². The van der Waals surface area contributed by atoms with E-state index in [1.165, 1.54) is 0 Å². The molecule has 1 saturated heterocycles. The lowest BCUT2D eigenvalue weighted by atomic mass is 9.91. The van der Waals surface area contributed by atoms with E-state index in [4.69, 9.17) is 5.11 Å². The van der Waals surface area contributed by atoms with Gasteiger partial charge in [0.1, 0.15) is 0 Å². The standard InChI is InChI=1S/C10H21NO2/c1-9(2,13)6-11-5-4-10(3,7-11)8-12/h12-13H,4-8H2,1-3H3. The molecule has 1 rings (SSSR count). The van der Waals surface area contributed by atoms with Crippen molar-refractivity contribution in [2.24, 2.45) is 5.41 Å². The lowest BCUT2D eigenvalue weighted by Crippen LogP contribution is -2.38. The Morgan fingerprint density at radius 3 is 2.46 bits per heavy atom. The van der Waals surface area contributed by atoms with Crippen LogP contribution < -0.4 is 0 Å². The van der Waals surface area contributed by atoms with Crippen LogP contribution >= 0.6 is 0 Å². The van der Waals surface area contributed by atoms with E-state index in [0.717, 1.165) is 19.5 Å². The van der Waals surface area contributed by atoms with E-state index in [9.17, 15) is 5.11 Å². The second-order valence-corrected chi connectivity index (χ2v) is 5.24. The van der Waals surface area contributed by atoms with Crippen LogP contribution in [-0.4, -0.2) is 47.0 Å². The molecule has 78 valence electrons. The van der Waals surface area contributed by atoms with E-state index >= 15 is 0 Å². The van der Waals surface area contributed by atoms with Gasteiger partial charge in [0, 0.05) is 25.1 Å². The molecule has 1 heterocycles. The van der Waals surface area contributed by atoms with Gasteiger partial charge in [0.25, 0.3) is 0 Å². The summed E-state index contributed by atoms with van der Waals surface area (Å²) >= 11 is 0. The quantitative estimate of drug-likeness (QED) is 0.674. The lowest BCUT2D eigenvalue weighted by Gasteiger charge is -2.27. The highest BCUT2D eigenvalue weighted by Crippen LogP contribution is 2.29. The smallest absolute Gasteiger partial charge is 0.0718 e. The van der Waals surface area contributed by atoms with E-state index in [2.05, 4.69) is 11.8 Å². The summed E-state index contributed by atoms with van der Waals surface area (Å²) in [7, 11) is 0. The first kappa shape index (κ1) is 11.0. The fourth-order valence-corrected chi connectivity index (χ4v) is 1.94. The monoisotopic (exact) mass is 187 g/mol. The zero-order chi connectivity index (χ0) is 10.1. The summed E-state index contributed by atoms with van der Waals surface area (Å²) in [4.78, 5) is 2.22. The third kappa shape index (κ3) is 3.25. The van der Waals surface area contributed by atoms with Crippen molar-refractivity contribution in [1.82, 2.24) is 4.90 Å². The van der Waals surface area contributed by atoms with Crippen LogP contribution in [0.25, 0.3) is 0 Å². The third-order valence-corrected chi connectivity index (χ3v) is 2.63. The average Bonchev–Trinajstić information content (AvgIpc) is 2.30. The van der Waals surface area contributed by atoms with Crippen molar-refractivity contribution in [1.29, 1.82) is 0 Å². The zero-order valence-corrected chi connectivity index (χ0v) is 8.88. The Bertz CT molecular complexity index is 176. The van der Waals surface area contributed by atoms with E-state index in [1.807, 2.05) is 13.8 Å². The molecule has 0 bridgehead atoms. The number of β-amino-alcohol motifs (C(OH)–C–C–N with tert-alkyl or cyclic N) is 1. The second kappa shape index (κ2) is 3.56. The van der Waals surface area contributed by atoms with Crippen molar-refractivity contribution in [2.75, 3.05) is 26.2 Å². The van der Waals surface area contributed by atoms with Gasteiger partial charge in [-0.15, -0.1) is 0 Å². The number of likely N-dealkylation sites (tertiary alicyclic amines) is 1. The summed E-state index contributed by atoms with van der Waals surface area (Å²) in [5.74, 6) is 0. The van der Waals surface area contributed by atoms with Gasteiger partial charge in [-0.3, -0.25) is 4.90 Å². The first-order valence-electron chi connectivity index (χ1n) is 4.90. The maximum Gasteiger partial charge on any atom is 0.0718 e. The minimum absolute atomic E-state index is 0.0469. The molecule has 1 atom stereocenters. The normalized spacial score (nSPS) is 31.2. The van der Waals surface area contributed by atoms with Gasteiger partial charge in [-0.1, -0.05) is 6.92 Å². The van der Waals surface area contributed by atoms with Gasteiger partial charge in [0.15, 0.2) is 0 Å². The average molecular weight is 187 g/mol. The molecule has 0 aromatic carbocycles. The van der Waals surface area contributed by atoms with Crippen LogP contribution in [0, 0.1) is 5.41 Å². The van der Waals surface area contributed by atoms with Crippen molar-refractivity contribution in [2.45, 2.75) is 32.8 Å². The molecule has 1 aliphatic rings. The van der Waals surface area contributed by atoms with Crippen molar-refractivity contribution in [3.05, 3.63) is 0 Å². The summed E-state index contributed by atoms with van der Waals surface area (Å²) < 4.78 is 0. The molecule has 0 amide bonds. The van der Waals surface area contributed by atoms with E-state index in [1.54, 1.807) is 0 Å². The molecule has 1 unspecified atom stereocenters. The Morgan fingerprint density at radius 1 is 1.46 bits per heavy atom. The number of hydrogen-bond acceptors (Lipinski definition) is 3. The van der Waals surface area contributed by atoms with Gasteiger partial charge in [-0.2, -0.15) is 0 Å². The summed E-state index contributed by atoms with van der Waals surface area (Å²) in [5.41, 5.74) is -0.577. The van der Waals surface area contributed by atoms with Crippen LogP contribution in [-0.2, 0) is 0 Å². The molecule has 1 fully saturated rings. The second-order valence-electron chi connectivity index (χ2n) is 5.24. The zero-order valence-electron chi connectivity index (χ0n) is 8.88. The number of hydrogen-bond donors (Lipinski definition) is 2. The predicted octanol–water partition coefficient (Wildman–Crippen LogP) is 0.462. The fraction of sp³-hybridized carbons (Fsp3) is 1.00. The van der Waals surface area contributed by atoms with Crippen molar-refractivity contribution < 1.29 is 10.2 Å². The first-order valence-corrected chi connectivity index (χ1v) is 4.90.